The second kappa shape index (κ2) is 5.75. The van der Waals surface area contributed by atoms with Gasteiger partial charge in [0, 0.05) is 12.1 Å². The fraction of sp³-hybridized carbons (Fsp3) is 0.231. The minimum atomic E-state index is -0.194. The lowest BCUT2D eigenvalue weighted by Crippen LogP contribution is -2.25. The normalized spacial score (nSPS) is 12.2. The third-order valence-corrected chi connectivity index (χ3v) is 4.01. The van der Waals surface area contributed by atoms with Crippen LogP contribution in [0, 0.1) is 0 Å². The number of nitrogens with one attached hydrogen (secondary N) is 1. The van der Waals surface area contributed by atoms with Gasteiger partial charge in [-0.15, -0.1) is 0 Å². The number of H-pyrrole nitrogens is 1. The van der Waals surface area contributed by atoms with E-state index in [1.807, 2.05) is 43.1 Å². The number of aromatic amines is 1. The molecule has 6 heteroatoms. The minimum absolute atomic E-state index is 0.0721. The fourth-order valence-electron chi connectivity index (χ4n) is 1.77. The average molecular weight is 343 g/mol. The molecule has 4 nitrogen and oxygen atoms in total. The van der Waals surface area contributed by atoms with Crippen molar-refractivity contribution in [2.75, 3.05) is 11.9 Å². The molecule has 19 heavy (non-hydrogen) atoms. The Balaban J connectivity index is 2.33. The molecule has 0 aliphatic rings. The van der Waals surface area contributed by atoms with E-state index < -0.39 is 0 Å². The number of hydrogen-bond donors (Lipinski definition) is 1. The van der Waals surface area contributed by atoms with Crippen molar-refractivity contribution in [1.82, 2.24) is 9.97 Å². The van der Waals surface area contributed by atoms with Crippen LogP contribution in [-0.2, 0) is 0 Å². The average Bonchev–Trinajstić information content (AvgIpc) is 2.41. The van der Waals surface area contributed by atoms with Crippen LogP contribution < -0.4 is 10.5 Å². The molecule has 0 saturated heterocycles. The Kier molecular flexibility index (Phi) is 4.27. The molecule has 0 bridgehead atoms. The number of anilines is 1. The summed E-state index contributed by atoms with van der Waals surface area (Å²) in [6.07, 6.45) is 1.40. The summed E-state index contributed by atoms with van der Waals surface area (Å²) in [6.45, 7) is 2.04. The van der Waals surface area contributed by atoms with Gasteiger partial charge in [-0.1, -0.05) is 23.7 Å². The lowest BCUT2D eigenvalue weighted by Gasteiger charge is -2.26. The monoisotopic (exact) mass is 341 g/mol. The van der Waals surface area contributed by atoms with Crippen LogP contribution in [0.4, 0.5) is 5.82 Å². The van der Waals surface area contributed by atoms with Crippen LogP contribution in [0.5, 0.6) is 0 Å². The highest BCUT2D eigenvalue weighted by atomic mass is 79.9. The van der Waals surface area contributed by atoms with Crippen molar-refractivity contribution in [2.45, 2.75) is 13.0 Å². The Morgan fingerprint density at radius 2 is 2.00 bits per heavy atom. The fourth-order valence-corrected chi connectivity index (χ4v) is 2.39. The molecule has 1 heterocycles. The first-order valence-corrected chi connectivity index (χ1v) is 6.89. The lowest BCUT2D eigenvalue weighted by molar-refractivity contribution is 0.723. The highest BCUT2D eigenvalue weighted by molar-refractivity contribution is 9.10. The van der Waals surface area contributed by atoms with E-state index in [0.29, 0.717) is 15.3 Å². The molecular weight excluding hydrogens is 330 g/mol. The zero-order valence-electron chi connectivity index (χ0n) is 10.5. The Hall–Kier alpha value is -1.33. The van der Waals surface area contributed by atoms with Gasteiger partial charge in [-0.3, -0.25) is 4.79 Å². The molecule has 0 spiro atoms. The van der Waals surface area contributed by atoms with Gasteiger partial charge in [0.15, 0.2) is 5.82 Å². The first-order valence-electron chi connectivity index (χ1n) is 5.72. The maximum atomic E-state index is 11.6. The van der Waals surface area contributed by atoms with Gasteiger partial charge >= 0.3 is 0 Å². The van der Waals surface area contributed by atoms with Crippen LogP contribution >= 0.6 is 27.5 Å². The standard InChI is InChI=1S/C13H13BrClN3O/c1-8(9-3-5-10(15)6-4-9)18(2)12-11(14)13(19)17-7-16-12/h3-8H,1-2H3,(H,16,17,19). The van der Waals surface area contributed by atoms with Crippen LogP contribution in [0.2, 0.25) is 5.02 Å². The zero-order valence-corrected chi connectivity index (χ0v) is 12.9. The van der Waals surface area contributed by atoms with Gasteiger partial charge in [0.2, 0.25) is 0 Å². The second-order valence-corrected chi connectivity index (χ2v) is 5.44. The molecule has 0 saturated carbocycles. The first kappa shape index (κ1) is 14.1. The van der Waals surface area contributed by atoms with Gasteiger partial charge in [0.1, 0.15) is 4.47 Å². The Bertz CT molecular complexity index is 627. The number of hydrogen-bond acceptors (Lipinski definition) is 3. The molecule has 1 unspecified atom stereocenters. The predicted molar refractivity (Wildman–Crippen MR) is 80.8 cm³/mol. The van der Waals surface area contributed by atoms with Gasteiger partial charge in [0.25, 0.3) is 5.56 Å². The van der Waals surface area contributed by atoms with Crippen molar-refractivity contribution < 1.29 is 0 Å². The predicted octanol–water partition coefficient (Wildman–Crippen LogP) is 3.38. The van der Waals surface area contributed by atoms with E-state index >= 15 is 0 Å². The van der Waals surface area contributed by atoms with Crippen LogP contribution in [0.1, 0.15) is 18.5 Å². The summed E-state index contributed by atoms with van der Waals surface area (Å²) < 4.78 is 0.429. The molecule has 0 aliphatic heterocycles. The third-order valence-electron chi connectivity index (χ3n) is 3.05. The summed E-state index contributed by atoms with van der Waals surface area (Å²) in [5.74, 6) is 0.603. The summed E-state index contributed by atoms with van der Waals surface area (Å²) in [5, 5.41) is 0.703. The maximum Gasteiger partial charge on any atom is 0.267 e. The van der Waals surface area contributed by atoms with E-state index in [4.69, 9.17) is 11.6 Å². The third kappa shape index (κ3) is 2.98. The van der Waals surface area contributed by atoms with Crippen molar-refractivity contribution in [2.24, 2.45) is 0 Å². The SMILES string of the molecule is CC(c1ccc(Cl)cc1)N(C)c1nc[nH]c(=O)c1Br. The van der Waals surface area contributed by atoms with E-state index in [2.05, 4.69) is 25.9 Å². The molecule has 0 amide bonds. The van der Waals surface area contributed by atoms with Gasteiger partial charge < -0.3 is 9.88 Å². The molecule has 1 N–H and O–H groups in total. The van der Waals surface area contributed by atoms with E-state index in [0.717, 1.165) is 5.56 Å². The topological polar surface area (TPSA) is 49.0 Å². The van der Waals surface area contributed by atoms with Crippen molar-refractivity contribution in [1.29, 1.82) is 0 Å². The largest absolute Gasteiger partial charge is 0.352 e. The summed E-state index contributed by atoms with van der Waals surface area (Å²) in [7, 11) is 1.89. The Labute approximate surface area is 124 Å². The molecular formula is C13H13BrClN3O. The molecule has 0 fully saturated rings. The lowest BCUT2D eigenvalue weighted by atomic mass is 10.1. The summed E-state index contributed by atoms with van der Waals surface area (Å²) in [4.78, 5) is 20.2. The van der Waals surface area contributed by atoms with Crippen molar-refractivity contribution >= 4 is 33.3 Å². The molecule has 2 aromatic rings. The summed E-state index contributed by atoms with van der Waals surface area (Å²) in [5.41, 5.74) is 0.904. The Morgan fingerprint density at radius 1 is 1.37 bits per heavy atom. The van der Waals surface area contributed by atoms with E-state index in [9.17, 15) is 4.79 Å². The Morgan fingerprint density at radius 3 is 2.63 bits per heavy atom. The van der Waals surface area contributed by atoms with Gasteiger partial charge in [-0.05, 0) is 40.5 Å². The van der Waals surface area contributed by atoms with Crippen molar-refractivity contribution in [3.63, 3.8) is 0 Å². The smallest absolute Gasteiger partial charge is 0.267 e. The van der Waals surface area contributed by atoms with Crippen LogP contribution in [0.15, 0.2) is 39.9 Å². The van der Waals surface area contributed by atoms with E-state index in [-0.39, 0.29) is 11.6 Å². The number of halogens is 2. The first-order chi connectivity index (χ1) is 9.00. The minimum Gasteiger partial charge on any atom is -0.352 e. The number of benzene rings is 1. The zero-order chi connectivity index (χ0) is 14.0. The summed E-state index contributed by atoms with van der Waals surface area (Å²) >= 11 is 9.14. The highest BCUT2D eigenvalue weighted by Gasteiger charge is 2.17. The van der Waals surface area contributed by atoms with Crippen LogP contribution in [-0.4, -0.2) is 17.0 Å². The molecule has 1 aromatic carbocycles. The van der Waals surface area contributed by atoms with Gasteiger partial charge in [-0.25, -0.2) is 4.98 Å². The second-order valence-electron chi connectivity index (χ2n) is 4.21. The molecule has 1 aromatic heterocycles. The number of rotatable bonds is 3. The van der Waals surface area contributed by atoms with Crippen molar-refractivity contribution in [3.8, 4) is 0 Å². The van der Waals surface area contributed by atoms with Crippen molar-refractivity contribution in [3.05, 3.63) is 56.0 Å². The molecule has 2 rings (SSSR count). The van der Waals surface area contributed by atoms with Gasteiger partial charge in [-0.2, -0.15) is 0 Å². The molecule has 0 aliphatic carbocycles. The van der Waals surface area contributed by atoms with Gasteiger partial charge in [0.05, 0.1) is 12.4 Å². The van der Waals surface area contributed by atoms with Crippen LogP contribution in [0.3, 0.4) is 0 Å². The quantitative estimate of drug-likeness (QED) is 0.930. The summed E-state index contributed by atoms with van der Waals surface area (Å²) in [6, 6.07) is 7.70. The number of aromatic nitrogens is 2. The van der Waals surface area contributed by atoms with Crippen LogP contribution in [0.25, 0.3) is 0 Å². The molecule has 100 valence electrons. The maximum absolute atomic E-state index is 11.6. The highest BCUT2D eigenvalue weighted by Crippen LogP contribution is 2.27. The molecule has 0 radical (unpaired) electrons. The van der Waals surface area contributed by atoms with E-state index in [1.54, 1.807) is 0 Å². The number of nitrogens with zero attached hydrogens (tertiary/aromatic N) is 2. The molecule has 1 atom stereocenters. The van der Waals surface area contributed by atoms with E-state index in [1.165, 1.54) is 6.33 Å².